The summed E-state index contributed by atoms with van der Waals surface area (Å²) in [4.78, 5) is 4.35. The van der Waals surface area contributed by atoms with Crippen molar-refractivity contribution in [3.63, 3.8) is 0 Å². The highest BCUT2D eigenvalue weighted by atomic mass is 16.5. The van der Waals surface area contributed by atoms with Crippen LogP contribution >= 0.6 is 0 Å². The number of methoxy groups -OCH3 is 1. The van der Waals surface area contributed by atoms with Gasteiger partial charge in [-0.1, -0.05) is 24.3 Å². The molecule has 1 aliphatic heterocycles. The van der Waals surface area contributed by atoms with Gasteiger partial charge in [-0.15, -0.1) is 5.10 Å². The highest BCUT2D eigenvalue weighted by Gasteiger charge is 2.30. The molecule has 2 atom stereocenters. The number of aromatic nitrogens is 3. The lowest BCUT2D eigenvalue weighted by Crippen LogP contribution is -2.28. The molecule has 140 valence electrons. The molecule has 0 radical (unpaired) electrons. The van der Waals surface area contributed by atoms with Gasteiger partial charge in [-0.2, -0.15) is 4.98 Å². The van der Waals surface area contributed by atoms with Crippen molar-refractivity contribution in [3.05, 3.63) is 59.7 Å². The molecule has 0 bridgehead atoms. The summed E-state index contributed by atoms with van der Waals surface area (Å²) < 4.78 is 12.7. The van der Waals surface area contributed by atoms with Gasteiger partial charge in [-0.05, 0) is 48.7 Å². The van der Waals surface area contributed by atoms with Gasteiger partial charge in [0, 0.05) is 0 Å². The minimum atomic E-state index is 0.0360. The van der Waals surface area contributed by atoms with Crippen LogP contribution in [0.5, 0.6) is 11.5 Å². The van der Waals surface area contributed by atoms with Gasteiger partial charge in [0.05, 0.1) is 25.8 Å². The van der Waals surface area contributed by atoms with E-state index in [-0.39, 0.29) is 18.0 Å². The fraction of sp³-hybridized carbons (Fsp3) is 0.300. The van der Waals surface area contributed by atoms with Crippen LogP contribution in [-0.4, -0.2) is 28.5 Å². The molecular weight excluding hydrogens is 342 g/mol. The zero-order chi connectivity index (χ0) is 18.8. The first-order chi connectivity index (χ1) is 13.2. The van der Waals surface area contributed by atoms with Crippen LogP contribution in [-0.2, 0) is 0 Å². The molecular formula is C20H23N5O2. The SMILES string of the molecule is CCOc1ccc([C@@H]2C[C@H](c3ccc(OC)cc3)Nc3nc(N)nn32)cc1. The van der Waals surface area contributed by atoms with E-state index < -0.39 is 0 Å². The van der Waals surface area contributed by atoms with E-state index in [2.05, 4.69) is 39.7 Å². The van der Waals surface area contributed by atoms with Crippen LogP contribution < -0.4 is 20.5 Å². The molecule has 3 N–H and O–H groups in total. The molecule has 2 heterocycles. The number of ether oxygens (including phenoxy) is 2. The molecule has 0 unspecified atom stereocenters. The molecule has 0 amide bonds. The fourth-order valence-corrected chi connectivity index (χ4v) is 3.48. The number of nitrogens with one attached hydrogen (secondary N) is 1. The summed E-state index contributed by atoms with van der Waals surface area (Å²) in [6.07, 6.45) is 0.829. The number of fused-ring (bicyclic) bond motifs is 1. The maximum Gasteiger partial charge on any atom is 0.241 e. The number of hydrogen-bond acceptors (Lipinski definition) is 6. The van der Waals surface area contributed by atoms with E-state index in [0.29, 0.717) is 12.6 Å². The molecule has 0 spiro atoms. The quantitative estimate of drug-likeness (QED) is 0.720. The summed E-state index contributed by atoms with van der Waals surface area (Å²) in [5.41, 5.74) is 8.17. The Labute approximate surface area is 158 Å². The lowest BCUT2D eigenvalue weighted by atomic mass is 9.93. The van der Waals surface area contributed by atoms with Crippen LogP contribution in [0.1, 0.15) is 36.6 Å². The normalized spacial score (nSPS) is 18.4. The van der Waals surface area contributed by atoms with Gasteiger partial charge >= 0.3 is 0 Å². The van der Waals surface area contributed by atoms with Crippen LogP contribution in [0.4, 0.5) is 11.9 Å². The predicted molar refractivity (Wildman–Crippen MR) is 104 cm³/mol. The summed E-state index contributed by atoms with van der Waals surface area (Å²) in [6.45, 7) is 2.63. The van der Waals surface area contributed by atoms with E-state index >= 15 is 0 Å². The van der Waals surface area contributed by atoms with Crippen molar-refractivity contribution in [2.24, 2.45) is 0 Å². The second kappa shape index (κ2) is 7.19. The predicted octanol–water partition coefficient (Wildman–Crippen LogP) is 3.41. The maximum atomic E-state index is 5.86. The Morgan fingerprint density at radius 2 is 1.74 bits per heavy atom. The first-order valence-corrected chi connectivity index (χ1v) is 9.03. The van der Waals surface area contributed by atoms with Crippen molar-refractivity contribution < 1.29 is 9.47 Å². The number of benzene rings is 2. The van der Waals surface area contributed by atoms with Crippen molar-refractivity contribution in [1.82, 2.24) is 14.8 Å². The topological polar surface area (TPSA) is 87.2 Å². The highest BCUT2D eigenvalue weighted by Crippen LogP contribution is 2.38. The standard InChI is InChI=1S/C20H23N5O2/c1-3-27-16-10-6-14(7-11-16)18-12-17(13-4-8-15(26-2)9-5-13)22-20-23-19(21)24-25(18)20/h4-11,17-18H,3,12H2,1-2H3,(H3,21,22,23,24)/t17-,18+/m1/s1. The van der Waals surface area contributed by atoms with Gasteiger partial charge in [0.2, 0.25) is 11.9 Å². The Hall–Kier alpha value is -3.22. The molecule has 7 heteroatoms. The van der Waals surface area contributed by atoms with Gasteiger partial charge in [0.25, 0.3) is 0 Å². The van der Waals surface area contributed by atoms with E-state index in [1.807, 2.05) is 35.9 Å². The van der Waals surface area contributed by atoms with E-state index in [0.717, 1.165) is 23.5 Å². The van der Waals surface area contributed by atoms with E-state index in [9.17, 15) is 0 Å². The van der Waals surface area contributed by atoms with Gasteiger partial charge in [0.15, 0.2) is 0 Å². The van der Waals surface area contributed by atoms with Crippen molar-refractivity contribution in [3.8, 4) is 11.5 Å². The van der Waals surface area contributed by atoms with Crippen molar-refractivity contribution >= 4 is 11.9 Å². The minimum Gasteiger partial charge on any atom is -0.497 e. The number of rotatable bonds is 5. The fourth-order valence-electron chi connectivity index (χ4n) is 3.48. The summed E-state index contributed by atoms with van der Waals surface area (Å²) in [6, 6.07) is 16.3. The summed E-state index contributed by atoms with van der Waals surface area (Å²) >= 11 is 0. The van der Waals surface area contributed by atoms with Crippen LogP contribution in [0.3, 0.4) is 0 Å². The lowest BCUT2D eigenvalue weighted by Gasteiger charge is -2.31. The molecule has 1 aromatic heterocycles. The average Bonchev–Trinajstić information content (AvgIpc) is 3.08. The average molecular weight is 365 g/mol. The Bertz CT molecular complexity index is 905. The second-order valence-corrected chi connectivity index (χ2v) is 6.46. The lowest BCUT2D eigenvalue weighted by molar-refractivity contribution is 0.340. The van der Waals surface area contributed by atoms with Gasteiger partial charge in [-0.3, -0.25) is 0 Å². The largest absolute Gasteiger partial charge is 0.497 e. The third kappa shape index (κ3) is 3.40. The van der Waals surface area contributed by atoms with Crippen molar-refractivity contribution in [2.45, 2.75) is 25.4 Å². The minimum absolute atomic E-state index is 0.0360. The number of nitrogens with zero attached hydrogens (tertiary/aromatic N) is 3. The number of nitrogen functional groups attached to an aromatic ring is 1. The highest BCUT2D eigenvalue weighted by molar-refractivity contribution is 5.43. The van der Waals surface area contributed by atoms with Crippen LogP contribution in [0.15, 0.2) is 48.5 Å². The van der Waals surface area contributed by atoms with Crippen molar-refractivity contribution in [1.29, 1.82) is 0 Å². The van der Waals surface area contributed by atoms with Gasteiger partial charge in [0.1, 0.15) is 11.5 Å². The van der Waals surface area contributed by atoms with Crippen LogP contribution in [0.2, 0.25) is 0 Å². The molecule has 7 nitrogen and oxygen atoms in total. The number of nitrogens with two attached hydrogens (primary N) is 1. The van der Waals surface area contributed by atoms with E-state index in [4.69, 9.17) is 15.2 Å². The van der Waals surface area contributed by atoms with E-state index in [1.54, 1.807) is 7.11 Å². The Morgan fingerprint density at radius 1 is 1.07 bits per heavy atom. The molecule has 0 saturated heterocycles. The third-order valence-corrected chi connectivity index (χ3v) is 4.80. The van der Waals surface area contributed by atoms with Gasteiger partial charge < -0.3 is 20.5 Å². The second-order valence-electron chi connectivity index (χ2n) is 6.46. The Balaban J connectivity index is 1.66. The molecule has 1 aliphatic rings. The molecule has 3 aromatic rings. The molecule has 0 fully saturated rings. The van der Waals surface area contributed by atoms with E-state index in [1.165, 1.54) is 5.56 Å². The van der Waals surface area contributed by atoms with Crippen molar-refractivity contribution in [2.75, 3.05) is 24.8 Å². The molecule has 0 saturated carbocycles. The Kier molecular flexibility index (Phi) is 4.58. The Morgan fingerprint density at radius 3 is 2.41 bits per heavy atom. The monoisotopic (exact) mass is 365 g/mol. The summed E-state index contributed by atoms with van der Waals surface area (Å²) in [5.74, 6) is 2.65. The zero-order valence-corrected chi connectivity index (χ0v) is 15.4. The first-order valence-electron chi connectivity index (χ1n) is 9.03. The van der Waals surface area contributed by atoms with Gasteiger partial charge in [-0.25, -0.2) is 4.68 Å². The maximum absolute atomic E-state index is 5.86. The first kappa shape index (κ1) is 17.2. The third-order valence-electron chi connectivity index (χ3n) is 4.80. The number of hydrogen-bond donors (Lipinski definition) is 2. The molecule has 4 rings (SSSR count). The molecule has 2 aromatic carbocycles. The zero-order valence-electron chi connectivity index (χ0n) is 15.4. The van der Waals surface area contributed by atoms with Crippen LogP contribution in [0, 0.1) is 0 Å². The molecule has 27 heavy (non-hydrogen) atoms. The number of anilines is 2. The summed E-state index contributed by atoms with van der Waals surface area (Å²) in [7, 11) is 1.67. The summed E-state index contributed by atoms with van der Waals surface area (Å²) in [5, 5.41) is 7.84. The van der Waals surface area contributed by atoms with Crippen LogP contribution in [0.25, 0.3) is 0 Å². The molecule has 0 aliphatic carbocycles. The smallest absolute Gasteiger partial charge is 0.241 e.